The van der Waals surface area contributed by atoms with Crippen molar-refractivity contribution in [2.45, 2.75) is 78.6 Å². The minimum Gasteiger partial charge on any atom is -0.317 e. The van der Waals surface area contributed by atoms with Crippen LogP contribution in [0.1, 0.15) is 78.6 Å². The number of hydrogen-bond donors (Lipinski definition) is 1. The minimum absolute atomic E-state index is 0.115. The Labute approximate surface area is 124 Å². The molecule has 0 aromatic rings. The monoisotopic (exact) mass is 283 g/mol. The third-order valence-corrected chi connectivity index (χ3v) is 3.78. The number of ketones is 2. The smallest absolute Gasteiger partial charge is 0.136 e. The van der Waals surface area contributed by atoms with E-state index in [2.05, 4.69) is 19.2 Å². The Morgan fingerprint density at radius 3 is 2.15 bits per heavy atom. The van der Waals surface area contributed by atoms with Gasteiger partial charge < -0.3 is 10.1 Å². The molecule has 0 aliphatic carbocycles. The van der Waals surface area contributed by atoms with Crippen molar-refractivity contribution in [2.75, 3.05) is 13.1 Å². The minimum atomic E-state index is 0.115. The summed E-state index contributed by atoms with van der Waals surface area (Å²) < 4.78 is 0. The van der Waals surface area contributed by atoms with Gasteiger partial charge in [0.2, 0.25) is 0 Å². The summed E-state index contributed by atoms with van der Waals surface area (Å²) in [5.41, 5.74) is 0. The quantitative estimate of drug-likeness (QED) is 0.492. The highest BCUT2D eigenvalue weighted by atomic mass is 16.1. The van der Waals surface area contributed by atoms with E-state index < -0.39 is 0 Å². The van der Waals surface area contributed by atoms with Crippen LogP contribution in [-0.2, 0) is 9.59 Å². The van der Waals surface area contributed by atoms with Gasteiger partial charge in [-0.1, -0.05) is 33.1 Å². The van der Waals surface area contributed by atoms with Crippen molar-refractivity contribution >= 4 is 11.6 Å². The molecule has 118 valence electrons. The predicted octanol–water partition coefficient (Wildman–Crippen LogP) is 3.90. The number of unbranched alkanes of at least 4 members (excludes halogenated alkanes) is 3. The van der Waals surface area contributed by atoms with E-state index in [0.717, 1.165) is 38.8 Å². The fourth-order valence-electron chi connectivity index (χ4n) is 2.36. The number of nitrogens with one attached hydrogen (secondary N) is 1. The van der Waals surface area contributed by atoms with Gasteiger partial charge in [0.05, 0.1) is 0 Å². The van der Waals surface area contributed by atoms with Crippen LogP contribution in [0.5, 0.6) is 0 Å². The Balaban J connectivity index is 3.58. The first-order chi connectivity index (χ1) is 9.61. The maximum Gasteiger partial charge on any atom is 0.136 e. The topological polar surface area (TPSA) is 46.2 Å². The molecule has 0 aromatic heterocycles. The lowest BCUT2D eigenvalue weighted by Crippen LogP contribution is -2.18. The molecule has 0 rings (SSSR count). The second-order valence-electron chi connectivity index (χ2n) is 5.73. The molecule has 0 aliphatic heterocycles. The van der Waals surface area contributed by atoms with Crippen LogP contribution in [0.3, 0.4) is 0 Å². The molecule has 0 aliphatic rings. The molecule has 0 spiro atoms. The van der Waals surface area contributed by atoms with Gasteiger partial charge in [-0.3, -0.25) is 4.79 Å². The van der Waals surface area contributed by atoms with Crippen molar-refractivity contribution in [1.82, 2.24) is 5.32 Å². The standard InChI is InChI=1S/C17H33NO2/c1-4-6-8-13-18-14-9-7-10-16(5-2)17(20)12-11-15(3)19/h16,18H,4-14H2,1-3H3. The molecule has 1 N–H and O–H groups in total. The van der Waals surface area contributed by atoms with Gasteiger partial charge in [-0.25, -0.2) is 0 Å². The van der Waals surface area contributed by atoms with Gasteiger partial charge >= 0.3 is 0 Å². The van der Waals surface area contributed by atoms with E-state index in [0.29, 0.717) is 12.8 Å². The molecule has 0 heterocycles. The average Bonchev–Trinajstić information content (AvgIpc) is 2.43. The van der Waals surface area contributed by atoms with Crippen LogP contribution in [-0.4, -0.2) is 24.7 Å². The summed E-state index contributed by atoms with van der Waals surface area (Å²) in [5, 5.41) is 3.45. The average molecular weight is 283 g/mol. The number of carbonyl (C=O) groups excluding carboxylic acids is 2. The largest absolute Gasteiger partial charge is 0.317 e. The summed E-state index contributed by atoms with van der Waals surface area (Å²) >= 11 is 0. The molecule has 1 atom stereocenters. The highest BCUT2D eigenvalue weighted by molar-refractivity contribution is 5.86. The predicted molar refractivity (Wildman–Crippen MR) is 84.9 cm³/mol. The van der Waals surface area contributed by atoms with Crippen LogP contribution < -0.4 is 5.32 Å². The van der Waals surface area contributed by atoms with Crippen molar-refractivity contribution in [3.63, 3.8) is 0 Å². The summed E-state index contributed by atoms with van der Waals surface area (Å²) in [5.74, 6) is 0.553. The fourth-order valence-corrected chi connectivity index (χ4v) is 2.36. The molecule has 0 fully saturated rings. The third-order valence-electron chi connectivity index (χ3n) is 3.78. The molecule has 3 nitrogen and oxygen atoms in total. The maximum atomic E-state index is 11.9. The molecule has 0 saturated heterocycles. The van der Waals surface area contributed by atoms with E-state index in [4.69, 9.17) is 0 Å². The lowest BCUT2D eigenvalue weighted by Gasteiger charge is -2.13. The molecule has 0 amide bonds. The van der Waals surface area contributed by atoms with Crippen molar-refractivity contribution in [2.24, 2.45) is 5.92 Å². The highest BCUT2D eigenvalue weighted by Crippen LogP contribution is 2.16. The van der Waals surface area contributed by atoms with Crippen LogP contribution >= 0.6 is 0 Å². The van der Waals surface area contributed by atoms with Crippen LogP contribution in [0.15, 0.2) is 0 Å². The SMILES string of the molecule is CCCCCNCCCCC(CC)C(=O)CCC(C)=O. The number of Topliss-reactive ketones (excluding diaryl/α,β-unsaturated/α-hetero) is 2. The van der Waals surface area contributed by atoms with Crippen molar-refractivity contribution in [3.05, 3.63) is 0 Å². The third kappa shape index (κ3) is 11.2. The summed E-state index contributed by atoms with van der Waals surface area (Å²) in [6, 6.07) is 0. The summed E-state index contributed by atoms with van der Waals surface area (Å²) in [6.45, 7) is 8.01. The molecule has 20 heavy (non-hydrogen) atoms. The second kappa shape index (κ2) is 13.3. The van der Waals surface area contributed by atoms with E-state index in [1.165, 1.54) is 19.3 Å². The zero-order valence-electron chi connectivity index (χ0n) is 13.7. The first-order valence-electron chi connectivity index (χ1n) is 8.34. The Hall–Kier alpha value is -0.700. The summed E-state index contributed by atoms with van der Waals surface area (Å²) in [7, 11) is 0. The maximum absolute atomic E-state index is 11.9. The Morgan fingerprint density at radius 2 is 1.60 bits per heavy atom. The van der Waals surface area contributed by atoms with E-state index in [1.807, 2.05) is 0 Å². The summed E-state index contributed by atoms with van der Waals surface area (Å²) in [4.78, 5) is 22.9. The molecule has 3 heteroatoms. The van der Waals surface area contributed by atoms with Gasteiger partial charge in [-0.15, -0.1) is 0 Å². The molecular formula is C17H33NO2. The van der Waals surface area contributed by atoms with Crippen molar-refractivity contribution in [1.29, 1.82) is 0 Å². The van der Waals surface area contributed by atoms with Crippen LogP contribution in [0.25, 0.3) is 0 Å². The molecule has 0 saturated carbocycles. The molecule has 0 aromatic carbocycles. The number of rotatable bonds is 14. The highest BCUT2D eigenvalue weighted by Gasteiger charge is 2.15. The summed E-state index contributed by atoms with van der Waals surface area (Å²) in [6.07, 6.45) is 8.80. The number of hydrogen-bond acceptors (Lipinski definition) is 3. The zero-order valence-corrected chi connectivity index (χ0v) is 13.7. The molecule has 1 unspecified atom stereocenters. The zero-order chi connectivity index (χ0) is 15.2. The van der Waals surface area contributed by atoms with Crippen molar-refractivity contribution < 1.29 is 9.59 Å². The molecule has 0 radical (unpaired) electrons. The Morgan fingerprint density at radius 1 is 0.950 bits per heavy atom. The normalized spacial score (nSPS) is 12.3. The number of carbonyl (C=O) groups is 2. The first kappa shape index (κ1) is 19.3. The molecule has 0 bridgehead atoms. The first-order valence-corrected chi connectivity index (χ1v) is 8.34. The van der Waals surface area contributed by atoms with E-state index in [9.17, 15) is 9.59 Å². The van der Waals surface area contributed by atoms with E-state index in [-0.39, 0.29) is 17.5 Å². The second-order valence-corrected chi connectivity index (χ2v) is 5.73. The van der Waals surface area contributed by atoms with Gasteiger partial charge in [0, 0.05) is 18.8 Å². The van der Waals surface area contributed by atoms with Crippen LogP contribution in [0, 0.1) is 5.92 Å². The fraction of sp³-hybridized carbons (Fsp3) is 0.882. The van der Waals surface area contributed by atoms with E-state index in [1.54, 1.807) is 6.92 Å². The van der Waals surface area contributed by atoms with Gasteiger partial charge in [-0.2, -0.15) is 0 Å². The van der Waals surface area contributed by atoms with Gasteiger partial charge in [0.25, 0.3) is 0 Å². The van der Waals surface area contributed by atoms with Gasteiger partial charge in [0.15, 0.2) is 0 Å². The lowest BCUT2D eigenvalue weighted by atomic mass is 9.92. The van der Waals surface area contributed by atoms with Gasteiger partial charge in [-0.05, 0) is 45.7 Å². The van der Waals surface area contributed by atoms with Gasteiger partial charge in [0.1, 0.15) is 11.6 Å². The lowest BCUT2D eigenvalue weighted by molar-refractivity contribution is -0.126. The van der Waals surface area contributed by atoms with E-state index >= 15 is 0 Å². The molecular weight excluding hydrogens is 250 g/mol. The Bertz CT molecular complexity index is 264. The van der Waals surface area contributed by atoms with Crippen LogP contribution in [0.4, 0.5) is 0 Å². The van der Waals surface area contributed by atoms with Crippen molar-refractivity contribution in [3.8, 4) is 0 Å². The van der Waals surface area contributed by atoms with Crippen LogP contribution in [0.2, 0.25) is 0 Å². The Kier molecular flexibility index (Phi) is 12.8.